The molecule has 0 spiro atoms. The summed E-state index contributed by atoms with van der Waals surface area (Å²) in [6, 6.07) is 3.88. The van der Waals surface area contributed by atoms with Gasteiger partial charge in [-0.05, 0) is 19.1 Å². The van der Waals surface area contributed by atoms with Gasteiger partial charge in [0.2, 0.25) is 0 Å². The number of nitrogens with one attached hydrogen (secondary N) is 3. The van der Waals surface area contributed by atoms with E-state index in [9.17, 15) is 0 Å². The summed E-state index contributed by atoms with van der Waals surface area (Å²) in [7, 11) is 0. The third kappa shape index (κ3) is 3.71. The number of aromatic amines is 1. The van der Waals surface area contributed by atoms with E-state index in [4.69, 9.17) is 9.97 Å². The first kappa shape index (κ1) is 17.0. The van der Waals surface area contributed by atoms with Crippen LogP contribution in [-0.4, -0.2) is 37.2 Å². The average Bonchev–Trinajstić information content (AvgIpc) is 3.31. The molecule has 0 bridgehead atoms. The van der Waals surface area contributed by atoms with Crippen molar-refractivity contribution in [3.05, 3.63) is 53.5 Å². The molecule has 3 N–H and O–H groups in total. The van der Waals surface area contributed by atoms with Gasteiger partial charge in [0.25, 0.3) is 0 Å². The summed E-state index contributed by atoms with van der Waals surface area (Å²) >= 11 is 1.87. The Morgan fingerprint density at radius 2 is 2.08 bits per heavy atom. The fourth-order valence-electron chi connectivity index (χ4n) is 2.89. The summed E-state index contributed by atoms with van der Waals surface area (Å²) in [6.07, 6.45) is 5.29. The van der Waals surface area contributed by atoms with E-state index < -0.39 is 0 Å². The maximum absolute atomic E-state index is 4.76. The van der Waals surface area contributed by atoms with Crippen molar-refractivity contribution >= 4 is 17.6 Å². The molecule has 0 saturated carbocycles. The van der Waals surface area contributed by atoms with Gasteiger partial charge >= 0.3 is 0 Å². The highest BCUT2D eigenvalue weighted by Gasteiger charge is 2.19. The Balaban J connectivity index is 1.41. The topological polar surface area (TPSA) is 91.4 Å². The van der Waals surface area contributed by atoms with Crippen LogP contribution in [0.15, 0.2) is 30.9 Å². The molecular weight excluding hydrogens is 346 g/mol. The van der Waals surface area contributed by atoms with Crippen molar-refractivity contribution < 1.29 is 0 Å². The van der Waals surface area contributed by atoms with Crippen LogP contribution < -0.4 is 10.6 Å². The predicted octanol–water partition coefficient (Wildman–Crippen LogP) is 2.52. The van der Waals surface area contributed by atoms with Crippen molar-refractivity contribution in [2.45, 2.75) is 25.8 Å². The SMILES string of the molecule is Cc1[nH]cnc1CSCCNc1nc(-c2ccncc2)nc2c1CNC2. The van der Waals surface area contributed by atoms with Crippen molar-refractivity contribution in [2.24, 2.45) is 0 Å². The molecule has 0 unspecified atom stereocenters. The van der Waals surface area contributed by atoms with Gasteiger partial charge in [-0.15, -0.1) is 0 Å². The Labute approximate surface area is 156 Å². The lowest BCUT2D eigenvalue weighted by Crippen LogP contribution is -2.10. The molecule has 0 fully saturated rings. The molecule has 7 nitrogen and oxygen atoms in total. The number of hydrogen-bond acceptors (Lipinski definition) is 7. The molecule has 4 heterocycles. The molecule has 8 heteroatoms. The van der Waals surface area contributed by atoms with Crippen molar-refractivity contribution in [3.8, 4) is 11.4 Å². The standard InChI is InChI=1S/C18H21N7S/c1-12-16(23-11-22-12)10-26-7-6-21-18-14-8-20-9-15(14)24-17(25-18)13-2-4-19-5-3-13/h2-5,11,20H,6-10H2,1H3,(H,22,23)(H,21,24,25). The fourth-order valence-corrected chi connectivity index (χ4v) is 3.76. The molecule has 26 heavy (non-hydrogen) atoms. The summed E-state index contributed by atoms with van der Waals surface area (Å²) in [4.78, 5) is 21.0. The van der Waals surface area contributed by atoms with Gasteiger partial charge in [-0.25, -0.2) is 15.0 Å². The van der Waals surface area contributed by atoms with E-state index in [1.54, 1.807) is 18.7 Å². The molecule has 134 valence electrons. The first-order valence-corrected chi connectivity index (χ1v) is 9.78. The molecule has 3 aromatic heterocycles. The zero-order chi connectivity index (χ0) is 17.8. The minimum atomic E-state index is 0.747. The molecular formula is C18H21N7S. The lowest BCUT2D eigenvalue weighted by atomic mass is 10.2. The van der Waals surface area contributed by atoms with E-state index in [2.05, 4.69) is 32.5 Å². The van der Waals surface area contributed by atoms with Gasteiger partial charge in [0.05, 0.1) is 17.7 Å². The van der Waals surface area contributed by atoms with Gasteiger partial charge in [0, 0.05) is 60.4 Å². The lowest BCUT2D eigenvalue weighted by molar-refractivity contribution is 0.758. The highest BCUT2D eigenvalue weighted by Crippen LogP contribution is 2.25. The van der Waals surface area contributed by atoms with Crippen molar-refractivity contribution in [1.82, 2.24) is 30.2 Å². The molecule has 0 aliphatic carbocycles. The first-order valence-electron chi connectivity index (χ1n) is 8.62. The molecule has 0 radical (unpaired) electrons. The van der Waals surface area contributed by atoms with Gasteiger partial charge < -0.3 is 15.6 Å². The fraction of sp³-hybridized carbons (Fsp3) is 0.333. The molecule has 1 aliphatic rings. The average molecular weight is 367 g/mol. The summed E-state index contributed by atoms with van der Waals surface area (Å²) in [6.45, 7) is 4.51. The van der Waals surface area contributed by atoms with Crippen LogP contribution in [0.2, 0.25) is 0 Å². The number of fused-ring (bicyclic) bond motifs is 1. The second kappa shape index (κ2) is 7.84. The molecule has 0 atom stereocenters. The molecule has 0 saturated heterocycles. The highest BCUT2D eigenvalue weighted by atomic mass is 32.2. The third-order valence-corrected chi connectivity index (χ3v) is 5.31. The minimum absolute atomic E-state index is 0.747. The third-order valence-electron chi connectivity index (χ3n) is 4.34. The van der Waals surface area contributed by atoms with Gasteiger partial charge in [-0.1, -0.05) is 0 Å². The van der Waals surface area contributed by atoms with Crippen LogP contribution in [0, 0.1) is 6.92 Å². The zero-order valence-corrected chi connectivity index (χ0v) is 15.4. The highest BCUT2D eigenvalue weighted by molar-refractivity contribution is 7.98. The van der Waals surface area contributed by atoms with Crippen molar-refractivity contribution in [3.63, 3.8) is 0 Å². The molecule has 0 aromatic carbocycles. The summed E-state index contributed by atoms with van der Waals surface area (Å²) in [5.41, 5.74) is 5.51. The monoisotopic (exact) mass is 367 g/mol. The number of imidazole rings is 1. The second-order valence-corrected chi connectivity index (χ2v) is 7.22. The Morgan fingerprint density at radius 3 is 2.88 bits per heavy atom. The van der Waals surface area contributed by atoms with Crippen LogP contribution in [-0.2, 0) is 18.8 Å². The number of anilines is 1. The number of aromatic nitrogens is 5. The van der Waals surface area contributed by atoms with E-state index in [0.29, 0.717) is 0 Å². The Bertz CT molecular complexity index is 879. The normalized spacial score (nSPS) is 13.0. The van der Waals surface area contributed by atoms with Crippen LogP contribution in [0.5, 0.6) is 0 Å². The summed E-state index contributed by atoms with van der Waals surface area (Å²) in [5.74, 6) is 3.59. The Hall–Kier alpha value is -2.45. The van der Waals surface area contributed by atoms with Crippen molar-refractivity contribution in [2.75, 3.05) is 17.6 Å². The number of thioether (sulfide) groups is 1. The van der Waals surface area contributed by atoms with E-state index in [1.165, 1.54) is 5.56 Å². The summed E-state index contributed by atoms with van der Waals surface area (Å²) in [5, 5.41) is 6.86. The number of rotatable bonds is 7. The van der Waals surface area contributed by atoms with Gasteiger partial charge in [-0.3, -0.25) is 4.98 Å². The predicted molar refractivity (Wildman–Crippen MR) is 104 cm³/mol. The lowest BCUT2D eigenvalue weighted by Gasteiger charge is -2.11. The van der Waals surface area contributed by atoms with E-state index in [1.807, 2.05) is 23.9 Å². The van der Waals surface area contributed by atoms with Gasteiger partial charge in [0.1, 0.15) is 5.82 Å². The first-order chi connectivity index (χ1) is 12.8. The van der Waals surface area contributed by atoms with E-state index in [0.717, 1.165) is 65.4 Å². The Kier molecular flexibility index (Phi) is 5.12. The van der Waals surface area contributed by atoms with Crippen LogP contribution in [0.1, 0.15) is 22.6 Å². The molecule has 4 rings (SSSR count). The van der Waals surface area contributed by atoms with Crippen LogP contribution in [0.3, 0.4) is 0 Å². The quantitative estimate of drug-likeness (QED) is 0.553. The zero-order valence-electron chi connectivity index (χ0n) is 14.6. The van der Waals surface area contributed by atoms with Crippen LogP contribution in [0.4, 0.5) is 5.82 Å². The summed E-state index contributed by atoms with van der Waals surface area (Å²) < 4.78 is 0. The number of hydrogen-bond donors (Lipinski definition) is 3. The maximum Gasteiger partial charge on any atom is 0.161 e. The number of nitrogens with zero attached hydrogens (tertiary/aromatic N) is 4. The van der Waals surface area contributed by atoms with E-state index in [-0.39, 0.29) is 0 Å². The smallest absolute Gasteiger partial charge is 0.161 e. The van der Waals surface area contributed by atoms with Crippen LogP contribution >= 0.6 is 11.8 Å². The van der Waals surface area contributed by atoms with Crippen LogP contribution in [0.25, 0.3) is 11.4 Å². The minimum Gasteiger partial charge on any atom is -0.369 e. The van der Waals surface area contributed by atoms with E-state index >= 15 is 0 Å². The maximum atomic E-state index is 4.76. The number of aryl methyl sites for hydroxylation is 1. The van der Waals surface area contributed by atoms with Gasteiger partial charge in [-0.2, -0.15) is 11.8 Å². The molecule has 0 amide bonds. The largest absolute Gasteiger partial charge is 0.369 e. The van der Waals surface area contributed by atoms with Crippen molar-refractivity contribution in [1.29, 1.82) is 0 Å². The molecule has 3 aromatic rings. The number of H-pyrrole nitrogens is 1. The second-order valence-electron chi connectivity index (χ2n) is 6.11. The molecule has 1 aliphatic heterocycles. The van der Waals surface area contributed by atoms with Gasteiger partial charge in [0.15, 0.2) is 5.82 Å². The Morgan fingerprint density at radius 1 is 1.19 bits per heavy atom. The number of pyridine rings is 1.